The first-order chi connectivity index (χ1) is 13.7. The van der Waals surface area contributed by atoms with Gasteiger partial charge in [0.1, 0.15) is 0 Å². The lowest BCUT2D eigenvalue weighted by Crippen LogP contribution is -2.25. The van der Waals surface area contributed by atoms with Crippen molar-refractivity contribution in [2.75, 3.05) is 0 Å². The van der Waals surface area contributed by atoms with Crippen molar-refractivity contribution >= 4 is 21.8 Å². The summed E-state index contributed by atoms with van der Waals surface area (Å²) in [6.45, 7) is 3.85. The predicted molar refractivity (Wildman–Crippen MR) is 114 cm³/mol. The van der Waals surface area contributed by atoms with E-state index in [1.54, 1.807) is 0 Å². The van der Waals surface area contributed by atoms with Gasteiger partial charge in [0.05, 0.1) is 11.0 Å². The highest BCUT2D eigenvalue weighted by atomic mass is 16.1. The van der Waals surface area contributed by atoms with Crippen molar-refractivity contribution in [2.45, 2.75) is 45.3 Å². The molecule has 0 aliphatic rings. The second-order valence-corrected chi connectivity index (χ2v) is 7.43. The number of unbranched alkanes of at least 4 members (excludes halogenated alkanes) is 1. The Labute approximate surface area is 164 Å². The Bertz CT molecular complexity index is 1130. The van der Waals surface area contributed by atoms with Gasteiger partial charge in [-0.1, -0.05) is 30.7 Å². The summed E-state index contributed by atoms with van der Waals surface area (Å²) in [5, 5.41) is 6.01. The topological polar surface area (TPSA) is 62.7 Å². The van der Waals surface area contributed by atoms with Crippen LogP contribution >= 0.6 is 0 Å². The minimum absolute atomic E-state index is 0.0149. The first kappa shape index (κ1) is 18.4. The summed E-state index contributed by atoms with van der Waals surface area (Å²) < 4.78 is 1.84. The van der Waals surface area contributed by atoms with Crippen LogP contribution in [-0.4, -0.2) is 20.6 Å². The lowest BCUT2D eigenvalue weighted by atomic mass is 10.1. The van der Waals surface area contributed by atoms with Gasteiger partial charge in [-0.25, -0.2) is 4.79 Å². The Kier molecular flexibility index (Phi) is 5.53. The van der Waals surface area contributed by atoms with Gasteiger partial charge in [0.2, 0.25) is 0 Å². The summed E-state index contributed by atoms with van der Waals surface area (Å²) in [5.74, 6) is 0. The molecule has 4 aromatic rings. The summed E-state index contributed by atoms with van der Waals surface area (Å²) in [5.41, 5.74) is 3.17. The number of aryl methyl sites for hydroxylation is 1. The Morgan fingerprint density at radius 1 is 1.11 bits per heavy atom. The minimum Gasteiger partial charge on any atom is -0.310 e. The number of hydrogen-bond acceptors (Lipinski definition) is 3. The zero-order chi connectivity index (χ0) is 19.3. The molecule has 0 amide bonds. The second kappa shape index (κ2) is 8.40. The molecule has 0 bridgehead atoms. The van der Waals surface area contributed by atoms with E-state index in [1.165, 1.54) is 16.3 Å². The standard InChI is InChI=1S/C23H26N4O/c1-17(25-15-18-9-10-20-16-24-12-11-19(20)14-18)6-4-5-13-27-22-8-3-2-7-21(22)26-23(27)28/h2-3,7-12,14,16-17,25H,4-6,13,15H2,1H3,(H,26,28)/t17-/m1/s1. The van der Waals surface area contributed by atoms with E-state index in [4.69, 9.17) is 0 Å². The quantitative estimate of drug-likeness (QED) is 0.454. The van der Waals surface area contributed by atoms with E-state index in [2.05, 4.69) is 46.5 Å². The molecule has 2 heterocycles. The molecule has 2 aromatic carbocycles. The van der Waals surface area contributed by atoms with Gasteiger partial charge in [0.15, 0.2) is 0 Å². The van der Waals surface area contributed by atoms with Crippen LogP contribution < -0.4 is 11.0 Å². The highest BCUT2D eigenvalue weighted by Gasteiger charge is 2.07. The largest absolute Gasteiger partial charge is 0.326 e. The van der Waals surface area contributed by atoms with Gasteiger partial charge in [-0.2, -0.15) is 0 Å². The normalized spacial score (nSPS) is 12.6. The Morgan fingerprint density at radius 2 is 2.00 bits per heavy atom. The van der Waals surface area contributed by atoms with Crippen LogP contribution in [0, 0.1) is 0 Å². The smallest absolute Gasteiger partial charge is 0.310 e. The van der Waals surface area contributed by atoms with Crippen LogP contribution in [0.25, 0.3) is 21.8 Å². The van der Waals surface area contributed by atoms with Crippen molar-refractivity contribution in [2.24, 2.45) is 0 Å². The highest BCUT2D eigenvalue weighted by Crippen LogP contribution is 2.15. The number of aromatic nitrogens is 3. The Morgan fingerprint density at radius 3 is 2.93 bits per heavy atom. The van der Waals surface area contributed by atoms with Gasteiger partial charge in [-0.15, -0.1) is 0 Å². The Balaban J connectivity index is 1.24. The number of hydrogen-bond donors (Lipinski definition) is 2. The zero-order valence-corrected chi connectivity index (χ0v) is 16.2. The number of H-pyrrole nitrogens is 1. The molecule has 0 aliphatic heterocycles. The number of pyridine rings is 1. The molecular weight excluding hydrogens is 348 g/mol. The van der Waals surface area contributed by atoms with E-state index in [9.17, 15) is 4.79 Å². The maximum Gasteiger partial charge on any atom is 0.326 e. The van der Waals surface area contributed by atoms with Crippen LogP contribution in [0.3, 0.4) is 0 Å². The number of nitrogens with one attached hydrogen (secondary N) is 2. The molecule has 0 saturated carbocycles. The lowest BCUT2D eigenvalue weighted by molar-refractivity contribution is 0.475. The van der Waals surface area contributed by atoms with Crippen molar-refractivity contribution in [3.63, 3.8) is 0 Å². The van der Waals surface area contributed by atoms with Gasteiger partial charge >= 0.3 is 5.69 Å². The third-order valence-corrected chi connectivity index (χ3v) is 5.31. The summed E-state index contributed by atoms with van der Waals surface area (Å²) >= 11 is 0. The fourth-order valence-corrected chi connectivity index (χ4v) is 3.69. The summed E-state index contributed by atoms with van der Waals surface area (Å²) in [7, 11) is 0. The molecule has 1 atom stereocenters. The van der Waals surface area contributed by atoms with E-state index in [0.29, 0.717) is 6.04 Å². The summed E-state index contributed by atoms with van der Waals surface area (Å²) in [4.78, 5) is 19.2. The van der Waals surface area contributed by atoms with Crippen LogP contribution in [0.5, 0.6) is 0 Å². The number of nitrogens with zero attached hydrogens (tertiary/aromatic N) is 2. The molecule has 0 saturated heterocycles. The van der Waals surface area contributed by atoms with E-state index in [0.717, 1.165) is 43.4 Å². The number of aromatic amines is 1. The maximum absolute atomic E-state index is 12.1. The fraction of sp³-hybridized carbons (Fsp3) is 0.304. The van der Waals surface area contributed by atoms with Crippen LogP contribution in [0.1, 0.15) is 31.7 Å². The molecule has 0 radical (unpaired) electrons. The predicted octanol–water partition coefficient (Wildman–Crippen LogP) is 4.23. The van der Waals surface area contributed by atoms with Crippen LogP contribution in [-0.2, 0) is 13.1 Å². The molecule has 144 valence electrons. The first-order valence-electron chi connectivity index (χ1n) is 9.94. The molecule has 5 heteroatoms. The molecular formula is C23H26N4O. The fourth-order valence-electron chi connectivity index (χ4n) is 3.69. The molecule has 0 fully saturated rings. The van der Waals surface area contributed by atoms with E-state index < -0.39 is 0 Å². The van der Waals surface area contributed by atoms with E-state index in [1.807, 2.05) is 41.2 Å². The monoisotopic (exact) mass is 374 g/mol. The number of imidazole rings is 1. The molecule has 5 nitrogen and oxygen atoms in total. The van der Waals surface area contributed by atoms with E-state index >= 15 is 0 Å². The van der Waals surface area contributed by atoms with E-state index in [-0.39, 0.29) is 5.69 Å². The van der Waals surface area contributed by atoms with Crippen molar-refractivity contribution in [1.29, 1.82) is 0 Å². The average Bonchev–Trinajstić information content (AvgIpc) is 3.04. The summed E-state index contributed by atoms with van der Waals surface area (Å²) in [6.07, 6.45) is 6.91. The van der Waals surface area contributed by atoms with Gasteiger partial charge in [-0.3, -0.25) is 9.55 Å². The van der Waals surface area contributed by atoms with Crippen molar-refractivity contribution in [1.82, 2.24) is 19.9 Å². The van der Waals surface area contributed by atoms with Gasteiger partial charge in [0.25, 0.3) is 0 Å². The van der Waals surface area contributed by atoms with Gasteiger partial charge < -0.3 is 10.3 Å². The molecule has 0 aliphatic carbocycles. The highest BCUT2D eigenvalue weighted by molar-refractivity contribution is 5.82. The number of para-hydroxylation sites is 2. The second-order valence-electron chi connectivity index (χ2n) is 7.43. The maximum atomic E-state index is 12.1. The third kappa shape index (κ3) is 4.15. The molecule has 28 heavy (non-hydrogen) atoms. The number of benzene rings is 2. The van der Waals surface area contributed by atoms with Crippen molar-refractivity contribution in [3.05, 3.63) is 77.0 Å². The first-order valence-corrected chi connectivity index (χ1v) is 9.94. The van der Waals surface area contributed by atoms with Crippen molar-refractivity contribution < 1.29 is 0 Å². The summed E-state index contributed by atoms with van der Waals surface area (Å²) in [6, 6.07) is 16.9. The van der Waals surface area contributed by atoms with Crippen molar-refractivity contribution in [3.8, 4) is 0 Å². The minimum atomic E-state index is -0.0149. The van der Waals surface area contributed by atoms with Crippen LogP contribution in [0.2, 0.25) is 0 Å². The third-order valence-electron chi connectivity index (χ3n) is 5.31. The average molecular weight is 374 g/mol. The van der Waals surface area contributed by atoms with Gasteiger partial charge in [0, 0.05) is 36.9 Å². The SMILES string of the molecule is C[C@H](CCCCn1c(=O)[nH]c2ccccc21)NCc1ccc2cnccc2c1. The molecule has 2 aromatic heterocycles. The molecule has 2 N–H and O–H groups in total. The number of rotatable bonds is 8. The Hall–Kier alpha value is -2.92. The molecule has 4 rings (SSSR count). The zero-order valence-electron chi connectivity index (χ0n) is 16.2. The van der Waals surface area contributed by atoms with Crippen LogP contribution in [0.15, 0.2) is 65.7 Å². The van der Waals surface area contributed by atoms with Crippen LogP contribution in [0.4, 0.5) is 0 Å². The molecule has 0 unspecified atom stereocenters. The number of fused-ring (bicyclic) bond motifs is 2. The molecule has 0 spiro atoms. The van der Waals surface area contributed by atoms with Gasteiger partial charge in [-0.05, 0) is 55.0 Å². The lowest BCUT2D eigenvalue weighted by Gasteiger charge is -2.14.